The Morgan fingerprint density at radius 3 is 1.32 bits per heavy atom. The highest BCUT2D eigenvalue weighted by Gasteiger charge is 2.42. The Kier molecular flexibility index (Phi) is 15.1. The Morgan fingerprint density at radius 1 is 0.528 bits per heavy atom. The third-order valence-electron chi connectivity index (χ3n) is 9.62. The highest BCUT2D eigenvalue weighted by molar-refractivity contribution is 6.90. The molecule has 4 rings (SSSR count). The van der Waals surface area contributed by atoms with Gasteiger partial charge in [-0.2, -0.15) is 0 Å². The van der Waals surface area contributed by atoms with Crippen LogP contribution >= 0.6 is 0 Å². The molecule has 2 nitrogen and oxygen atoms in total. The maximum Gasteiger partial charge on any atom is 0.311 e. The van der Waals surface area contributed by atoms with Crippen LogP contribution in [0.3, 0.4) is 0 Å². The summed E-state index contributed by atoms with van der Waals surface area (Å²) >= 11 is 0. The number of hydrogen-bond acceptors (Lipinski definition) is 2. The second-order valence-electron chi connectivity index (χ2n) is 13.6. The second kappa shape index (κ2) is 20.1. The molecule has 53 heavy (non-hydrogen) atoms. The number of benzene rings is 4. The van der Waals surface area contributed by atoms with Gasteiger partial charge in [0.2, 0.25) is 0 Å². The maximum atomic E-state index is 12.7. The van der Waals surface area contributed by atoms with Crippen molar-refractivity contribution in [2.24, 2.45) is 0 Å². The van der Waals surface area contributed by atoms with Crippen molar-refractivity contribution in [1.29, 1.82) is 0 Å². The monoisotopic (exact) mass is 706 g/mol. The van der Waals surface area contributed by atoms with Crippen molar-refractivity contribution in [1.82, 2.24) is 0 Å². The summed E-state index contributed by atoms with van der Waals surface area (Å²) in [6.45, 7) is 13.7. The van der Waals surface area contributed by atoms with Gasteiger partial charge in [-0.15, -0.1) is 5.54 Å². The van der Waals surface area contributed by atoms with Crippen molar-refractivity contribution in [3.05, 3.63) is 138 Å². The summed E-state index contributed by atoms with van der Waals surface area (Å²) < 4.78 is 5.69. The van der Waals surface area contributed by atoms with E-state index in [4.69, 9.17) is 4.74 Å². The van der Waals surface area contributed by atoms with Crippen LogP contribution in [0.15, 0.2) is 115 Å². The molecule has 0 saturated carbocycles. The molecule has 4 aromatic carbocycles. The average Bonchev–Trinajstić information content (AvgIpc) is 3.16. The normalized spacial score (nSPS) is 10.4. The number of unbranched alkanes of at least 4 members (excludes halogenated alkanes) is 1. The molecule has 0 N–H and O–H groups in total. The standard InChI is InChI=1S/C50H46O2Si/c1-41(2)53(42(3)4,43(5)6)40-28-17-15-13-11-9-7-8-10-12-14-16-27-35-49(51)52-48-38-36-47(37-39-48)50(44-29-21-18-22-30-44,45-31-23-19-24-32-45)46-33-25-20-26-34-46/h18-26,29-34,36-39,41-43H,16,27,35H2,1-6H3. The van der Waals surface area contributed by atoms with Gasteiger partial charge in [0, 0.05) is 12.8 Å². The molecule has 0 fully saturated rings. The smallest absolute Gasteiger partial charge is 0.311 e. The Bertz CT molecular complexity index is 2080. The lowest BCUT2D eigenvalue weighted by Gasteiger charge is -2.37. The minimum atomic E-state index is -1.78. The molecule has 0 aliphatic carbocycles. The maximum absolute atomic E-state index is 12.7. The molecule has 0 unspecified atom stereocenters. The highest BCUT2D eigenvalue weighted by atomic mass is 28.3. The van der Waals surface area contributed by atoms with Crippen molar-refractivity contribution < 1.29 is 9.53 Å². The predicted octanol–water partition coefficient (Wildman–Crippen LogP) is 10.4. The minimum absolute atomic E-state index is 0.252. The van der Waals surface area contributed by atoms with Gasteiger partial charge in [-0.1, -0.05) is 151 Å². The largest absolute Gasteiger partial charge is 0.427 e. The van der Waals surface area contributed by atoms with Crippen molar-refractivity contribution in [2.45, 2.75) is 82.8 Å². The van der Waals surface area contributed by atoms with Crippen molar-refractivity contribution in [3.63, 3.8) is 0 Å². The van der Waals surface area contributed by atoms with Crippen LogP contribution in [-0.2, 0) is 10.2 Å². The lowest BCUT2D eigenvalue weighted by molar-refractivity contribution is -0.134. The Morgan fingerprint density at radius 2 is 0.906 bits per heavy atom. The molecule has 0 spiro atoms. The molecule has 0 aromatic heterocycles. The molecule has 3 heteroatoms. The van der Waals surface area contributed by atoms with E-state index in [9.17, 15) is 4.79 Å². The van der Waals surface area contributed by atoms with Crippen molar-refractivity contribution in [2.75, 3.05) is 0 Å². The Balaban J connectivity index is 1.32. The first-order valence-electron chi connectivity index (χ1n) is 18.2. The zero-order chi connectivity index (χ0) is 37.9. The SMILES string of the molecule is CC(C)[Si](C#CC#CC#CC#CC#CC#CCCCC(=O)Oc1ccc(C(c2ccccc2)(c2ccccc2)c2ccccc2)cc1)(C(C)C)C(C)C. The first-order chi connectivity index (χ1) is 25.7. The van der Waals surface area contributed by atoms with Crippen molar-refractivity contribution in [3.8, 4) is 76.4 Å². The zero-order valence-corrected chi connectivity index (χ0v) is 32.6. The summed E-state index contributed by atoms with van der Waals surface area (Å²) in [6, 6.07) is 39.4. The van der Waals surface area contributed by atoms with Gasteiger partial charge in [0.1, 0.15) is 13.8 Å². The van der Waals surface area contributed by atoms with Crippen LogP contribution in [0.4, 0.5) is 0 Å². The van der Waals surface area contributed by atoms with Crippen LogP contribution in [0, 0.1) is 70.7 Å². The molecule has 262 valence electrons. The summed E-state index contributed by atoms with van der Waals surface area (Å²) in [5.41, 5.74) is 9.23. The van der Waals surface area contributed by atoms with Gasteiger partial charge in [0.15, 0.2) is 0 Å². The fraction of sp³-hybridized carbons (Fsp3) is 0.260. The lowest BCUT2D eigenvalue weighted by atomic mass is 9.65. The van der Waals surface area contributed by atoms with E-state index in [2.05, 4.69) is 197 Å². The van der Waals surface area contributed by atoms with E-state index >= 15 is 0 Å². The number of esters is 1. The van der Waals surface area contributed by atoms with Crippen LogP contribution in [0.25, 0.3) is 0 Å². The van der Waals surface area contributed by atoms with E-state index < -0.39 is 13.5 Å². The second-order valence-corrected chi connectivity index (χ2v) is 19.2. The van der Waals surface area contributed by atoms with E-state index in [0.29, 0.717) is 35.2 Å². The van der Waals surface area contributed by atoms with E-state index in [1.165, 1.54) is 0 Å². The molecular weight excluding hydrogens is 661 g/mol. The quantitative estimate of drug-likeness (QED) is 0.0388. The number of rotatable bonds is 11. The van der Waals surface area contributed by atoms with E-state index in [1.54, 1.807) is 0 Å². The summed E-state index contributed by atoms with van der Waals surface area (Å²) in [6.07, 6.45) is 1.34. The van der Waals surface area contributed by atoms with Crippen LogP contribution in [0.2, 0.25) is 16.6 Å². The molecule has 4 aromatic rings. The Hall–Kier alpha value is -6.07. The van der Waals surface area contributed by atoms with Crippen LogP contribution < -0.4 is 4.74 Å². The van der Waals surface area contributed by atoms with Gasteiger partial charge in [-0.25, -0.2) is 0 Å². The Labute approximate surface area is 319 Å². The topological polar surface area (TPSA) is 26.3 Å². The van der Waals surface area contributed by atoms with Gasteiger partial charge < -0.3 is 4.74 Å². The summed E-state index contributed by atoms with van der Waals surface area (Å²) in [5.74, 6) is 30.8. The van der Waals surface area contributed by atoms with E-state index in [-0.39, 0.29) is 12.4 Å². The van der Waals surface area contributed by atoms with Gasteiger partial charge in [-0.3, -0.25) is 4.79 Å². The molecule has 0 amide bonds. The zero-order valence-electron chi connectivity index (χ0n) is 31.6. The third kappa shape index (κ3) is 10.3. The molecule has 0 aliphatic rings. The van der Waals surface area contributed by atoms with Crippen molar-refractivity contribution >= 4 is 14.0 Å². The number of carbonyl (C=O) groups excluding carboxylic acids is 1. The predicted molar refractivity (Wildman–Crippen MR) is 222 cm³/mol. The fourth-order valence-corrected chi connectivity index (χ4v) is 12.4. The van der Waals surface area contributed by atoms with Crippen LogP contribution in [0.5, 0.6) is 5.75 Å². The summed E-state index contributed by atoms with van der Waals surface area (Å²) in [5, 5.41) is 0. The van der Waals surface area contributed by atoms with Gasteiger partial charge >= 0.3 is 5.97 Å². The van der Waals surface area contributed by atoms with Gasteiger partial charge in [-0.05, 0) is 117 Å². The third-order valence-corrected chi connectivity index (χ3v) is 15.9. The first kappa shape index (κ1) is 39.7. The fourth-order valence-electron chi connectivity index (χ4n) is 7.27. The van der Waals surface area contributed by atoms with E-state index in [1.807, 2.05) is 30.3 Å². The highest BCUT2D eigenvalue weighted by Crippen LogP contribution is 2.45. The average molecular weight is 707 g/mol. The van der Waals surface area contributed by atoms with Crippen LogP contribution in [-0.4, -0.2) is 14.0 Å². The molecule has 0 radical (unpaired) electrons. The van der Waals surface area contributed by atoms with Crippen LogP contribution in [0.1, 0.15) is 83.1 Å². The summed E-state index contributed by atoms with van der Waals surface area (Å²) in [4.78, 5) is 12.7. The minimum Gasteiger partial charge on any atom is -0.427 e. The molecular formula is C50H46O2Si. The van der Waals surface area contributed by atoms with Gasteiger partial charge in [0.25, 0.3) is 0 Å². The molecule has 0 saturated heterocycles. The molecule has 0 atom stereocenters. The lowest BCUT2D eigenvalue weighted by Crippen LogP contribution is -2.43. The number of ether oxygens (including phenoxy) is 1. The van der Waals surface area contributed by atoms with Gasteiger partial charge in [0.05, 0.1) is 5.41 Å². The van der Waals surface area contributed by atoms with E-state index in [0.717, 1.165) is 22.3 Å². The number of hydrogen-bond donors (Lipinski definition) is 0. The molecule has 0 aliphatic heterocycles. The first-order valence-corrected chi connectivity index (χ1v) is 20.4. The molecule has 0 bridgehead atoms. The summed E-state index contributed by atoms with van der Waals surface area (Å²) in [7, 11) is -1.78. The molecule has 0 heterocycles. The number of carbonyl (C=O) groups is 1.